The van der Waals surface area contributed by atoms with E-state index in [4.69, 9.17) is 14.7 Å². The molecule has 13 heteroatoms. The second kappa shape index (κ2) is 17.1. The van der Waals surface area contributed by atoms with Crippen LogP contribution in [0, 0.1) is 10.1 Å². The Hall–Kier alpha value is -4.40. The van der Waals surface area contributed by atoms with E-state index in [9.17, 15) is 24.8 Å². The molecular weight excluding hydrogens is 618 g/mol. The lowest BCUT2D eigenvalue weighted by atomic mass is 9.99. The van der Waals surface area contributed by atoms with Gasteiger partial charge in [-0.2, -0.15) is 0 Å². The number of ether oxygens (including phenoxy) is 2. The summed E-state index contributed by atoms with van der Waals surface area (Å²) in [6.07, 6.45) is 2.04. The zero-order valence-corrected chi connectivity index (χ0v) is 26.8. The molecule has 48 heavy (non-hydrogen) atoms. The molecule has 0 aliphatic carbocycles. The van der Waals surface area contributed by atoms with Crippen molar-refractivity contribution in [2.45, 2.75) is 63.6 Å². The van der Waals surface area contributed by atoms with E-state index in [0.717, 1.165) is 48.6 Å². The highest BCUT2D eigenvalue weighted by molar-refractivity contribution is 5.90. The molecule has 4 N–H and O–H groups in total. The SMILES string of the molecule is O=C(CCCCCC(=O)Nc1cccc(C2OC(CN3CCN(c4ccc([N+](=O)[O-])cc4)CC3)CC(c3ccc(CO)cc3)O2)c1)NO. The van der Waals surface area contributed by atoms with Crippen molar-refractivity contribution in [2.75, 3.05) is 42.9 Å². The molecule has 0 saturated carbocycles. The summed E-state index contributed by atoms with van der Waals surface area (Å²) >= 11 is 0. The second-order valence-corrected chi connectivity index (χ2v) is 12.2. The topological polar surface area (TPSA) is 167 Å². The van der Waals surface area contributed by atoms with E-state index in [1.165, 1.54) is 12.1 Å². The van der Waals surface area contributed by atoms with Crippen molar-refractivity contribution >= 4 is 28.9 Å². The molecule has 2 aliphatic heterocycles. The van der Waals surface area contributed by atoms with Crippen molar-refractivity contribution < 1.29 is 34.3 Å². The Balaban J connectivity index is 1.21. The largest absolute Gasteiger partial charge is 0.392 e. The maximum Gasteiger partial charge on any atom is 0.269 e. The predicted molar refractivity (Wildman–Crippen MR) is 178 cm³/mol. The van der Waals surface area contributed by atoms with Gasteiger partial charge in [-0.1, -0.05) is 42.8 Å². The first-order valence-electron chi connectivity index (χ1n) is 16.4. The van der Waals surface area contributed by atoms with Gasteiger partial charge in [0.2, 0.25) is 11.8 Å². The molecule has 0 radical (unpaired) electrons. The second-order valence-electron chi connectivity index (χ2n) is 12.2. The number of nitrogens with zero attached hydrogens (tertiary/aromatic N) is 3. The van der Waals surface area contributed by atoms with E-state index >= 15 is 0 Å². The highest BCUT2D eigenvalue weighted by Gasteiger charge is 2.34. The first kappa shape index (κ1) is 34.9. The molecule has 256 valence electrons. The van der Waals surface area contributed by atoms with Gasteiger partial charge in [-0.25, -0.2) is 5.48 Å². The number of hydrogen-bond donors (Lipinski definition) is 4. The van der Waals surface area contributed by atoms with Crippen LogP contribution in [0.1, 0.15) is 67.6 Å². The van der Waals surface area contributed by atoms with Gasteiger partial charge in [0.1, 0.15) is 0 Å². The molecular formula is C35H43N5O8. The first-order valence-corrected chi connectivity index (χ1v) is 16.4. The van der Waals surface area contributed by atoms with E-state index in [1.54, 1.807) is 17.6 Å². The average Bonchev–Trinajstić information content (AvgIpc) is 3.11. The van der Waals surface area contributed by atoms with Crippen LogP contribution in [0.2, 0.25) is 0 Å². The molecule has 0 aromatic heterocycles. The Morgan fingerprint density at radius 2 is 1.58 bits per heavy atom. The van der Waals surface area contributed by atoms with Gasteiger partial charge in [0.25, 0.3) is 5.69 Å². The molecule has 13 nitrogen and oxygen atoms in total. The predicted octanol–water partition coefficient (Wildman–Crippen LogP) is 4.85. The summed E-state index contributed by atoms with van der Waals surface area (Å²) in [7, 11) is 0. The molecule has 2 amide bonds. The zero-order valence-electron chi connectivity index (χ0n) is 26.8. The molecule has 2 aliphatic rings. The van der Waals surface area contributed by atoms with Crippen LogP contribution in [0.3, 0.4) is 0 Å². The standard InChI is InChI=1S/C35H43N5O8/c41-24-25-9-11-26(12-10-25)32-22-31(23-38-17-19-39(20-18-38)29-13-15-30(16-14-29)40(45)46)47-35(48-32)27-5-4-6-28(21-27)36-33(42)7-2-1-3-8-34(43)37-44/h4-6,9-16,21,31-32,35,41,44H,1-3,7-8,17-20,22-24H2,(H,36,42)(H,37,43). The number of non-ortho nitro benzene ring substituents is 1. The zero-order chi connectivity index (χ0) is 33.9. The number of aliphatic hydroxyl groups is 1. The van der Waals surface area contributed by atoms with E-state index in [2.05, 4.69) is 15.1 Å². The summed E-state index contributed by atoms with van der Waals surface area (Å²) < 4.78 is 13.1. The minimum Gasteiger partial charge on any atom is -0.392 e. The molecule has 3 aromatic carbocycles. The summed E-state index contributed by atoms with van der Waals surface area (Å²) in [5, 5.41) is 32.1. The number of unbranched alkanes of at least 4 members (excludes halogenated alkanes) is 2. The smallest absolute Gasteiger partial charge is 0.269 e. The molecule has 5 rings (SSSR count). The lowest BCUT2D eigenvalue weighted by Crippen LogP contribution is -2.49. The van der Waals surface area contributed by atoms with Crippen molar-refractivity contribution in [3.63, 3.8) is 0 Å². The molecule has 2 heterocycles. The number of rotatable bonds is 14. The average molecular weight is 662 g/mol. The van der Waals surface area contributed by atoms with Gasteiger partial charge < -0.3 is 24.8 Å². The third-order valence-corrected chi connectivity index (χ3v) is 8.75. The number of carbonyl (C=O) groups is 2. The van der Waals surface area contributed by atoms with Crippen LogP contribution in [-0.2, 0) is 25.7 Å². The fourth-order valence-electron chi connectivity index (χ4n) is 6.09. The van der Waals surface area contributed by atoms with Crippen molar-refractivity contribution in [2.24, 2.45) is 0 Å². The Labute approximate surface area is 279 Å². The van der Waals surface area contributed by atoms with Crippen LogP contribution >= 0.6 is 0 Å². The van der Waals surface area contributed by atoms with Crippen molar-refractivity contribution in [1.82, 2.24) is 10.4 Å². The van der Waals surface area contributed by atoms with E-state index in [-0.39, 0.29) is 36.8 Å². The fraction of sp³-hybridized carbons (Fsp3) is 0.429. The van der Waals surface area contributed by atoms with Crippen LogP contribution in [0.15, 0.2) is 72.8 Å². The maximum absolute atomic E-state index is 12.6. The number of nitrogens with one attached hydrogen (secondary N) is 2. The van der Waals surface area contributed by atoms with Gasteiger partial charge in [0, 0.05) is 81.1 Å². The Bertz CT molecular complexity index is 1510. The maximum atomic E-state index is 12.6. The lowest BCUT2D eigenvalue weighted by molar-refractivity contribution is -0.384. The number of nitro groups is 1. The third kappa shape index (κ3) is 9.81. The van der Waals surface area contributed by atoms with Crippen LogP contribution < -0.4 is 15.7 Å². The van der Waals surface area contributed by atoms with Gasteiger partial charge in [-0.15, -0.1) is 0 Å². The molecule has 0 spiro atoms. The van der Waals surface area contributed by atoms with Crippen LogP contribution in [0.4, 0.5) is 17.1 Å². The highest BCUT2D eigenvalue weighted by atomic mass is 16.7. The molecule has 2 fully saturated rings. The van der Waals surface area contributed by atoms with Crippen LogP contribution in [0.25, 0.3) is 0 Å². The van der Waals surface area contributed by atoms with Gasteiger partial charge in [-0.3, -0.25) is 29.8 Å². The molecule has 3 aromatic rings. The molecule has 3 unspecified atom stereocenters. The third-order valence-electron chi connectivity index (χ3n) is 8.75. The minimum atomic E-state index is -0.665. The monoisotopic (exact) mass is 661 g/mol. The van der Waals surface area contributed by atoms with Crippen molar-refractivity contribution in [3.8, 4) is 0 Å². The number of amides is 2. The summed E-state index contributed by atoms with van der Waals surface area (Å²) in [5.74, 6) is -0.561. The number of benzene rings is 3. The Morgan fingerprint density at radius 1 is 0.875 bits per heavy atom. The lowest BCUT2D eigenvalue weighted by Gasteiger charge is -2.41. The van der Waals surface area contributed by atoms with Gasteiger partial charge in [0.05, 0.1) is 23.7 Å². The first-order chi connectivity index (χ1) is 23.3. The summed E-state index contributed by atoms with van der Waals surface area (Å²) in [6.45, 7) is 3.87. The minimum absolute atomic E-state index is 0.0363. The summed E-state index contributed by atoms with van der Waals surface area (Å²) in [4.78, 5) is 39.0. The van der Waals surface area contributed by atoms with E-state index in [0.29, 0.717) is 44.3 Å². The number of piperazine rings is 1. The van der Waals surface area contributed by atoms with E-state index < -0.39 is 17.1 Å². The molecule has 3 atom stereocenters. The fourth-order valence-corrected chi connectivity index (χ4v) is 6.09. The summed E-state index contributed by atoms with van der Waals surface area (Å²) in [5.41, 5.74) is 5.90. The van der Waals surface area contributed by atoms with Crippen molar-refractivity contribution in [1.29, 1.82) is 0 Å². The number of carbonyl (C=O) groups excluding carboxylic acids is 2. The number of hydrogen-bond acceptors (Lipinski definition) is 10. The van der Waals surface area contributed by atoms with Crippen LogP contribution in [0.5, 0.6) is 0 Å². The Morgan fingerprint density at radius 3 is 2.25 bits per heavy atom. The van der Waals surface area contributed by atoms with Gasteiger partial charge in [0.15, 0.2) is 6.29 Å². The van der Waals surface area contributed by atoms with Crippen LogP contribution in [-0.4, -0.2) is 70.8 Å². The quantitative estimate of drug-likeness (QED) is 0.0812. The molecule has 0 bridgehead atoms. The number of hydroxylamine groups is 1. The number of aliphatic hydroxyl groups excluding tert-OH is 1. The van der Waals surface area contributed by atoms with E-state index in [1.807, 2.05) is 48.5 Å². The highest BCUT2D eigenvalue weighted by Crippen LogP contribution is 2.39. The van der Waals surface area contributed by atoms with Gasteiger partial charge in [-0.05, 0) is 48.2 Å². The van der Waals surface area contributed by atoms with Crippen molar-refractivity contribution in [3.05, 3.63) is 99.6 Å². The molecule has 2 saturated heterocycles. The van der Waals surface area contributed by atoms with Gasteiger partial charge >= 0.3 is 0 Å². The summed E-state index contributed by atoms with van der Waals surface area (Å²) in [6, 6.07) is 21.9. The normalized spacial score (nSPS) is 19.9. The Kier molecular flexibility index (Phi) is 12.5. The number of anilines is 2. The number of nitro benzene ring substituents is 1.